The molecule has 0 aliphatic rings. The Kier molecular flexibility index (Phi) is 16.3. The van der Waals surface area contributed by atoms with Gasteiger partial charge in [0, 0.05) is 0 Å². The number of carbonyl (C=O) groups is 1. The minimum Gasteiger partial charge on any atom is -0.394 e. The van der Waals surface area contributed by atoms with Crippen LogP contribution in [0.5, 0.6) is 0 Å². The molecule has 2 aromatic rings. The Morgan fingerprint density at radius 3 is 1.56 bits per heavy atom. The van der Waals surface area contributed by atoms with E-state index in [2.05, 4.69) is 6.92 Å². The standard InChI is InChI=1S/C32H47F3NO4Si/c1-2-3-4-5-6-7-8-9-10-11-12-19-24-27(37)29(38)28(36-31(40)32(33,34)35)30(39)41(25-20-15-13-16-21-25)26-22-17-14-18-23-26/h13-18,20-23,27-30,37-39H,2-12,19,24H2,1H3,(H,36,40)/t27-,28-,29-,30?/m1/s1. The highest BCUT2D eigenvalue weighted by Crippen LogP contribution is 2.19. The molecule has 2 rings (SSSR count). The third-order valence-electron chi connectivity index (χ3n) is 7.48. The fourth-order valence-electron chi connectivity index (χ4n) is 5.11. The Labute approximate surface area is 244 Å². The van der Waals surface area contributed by atoms with Gasteiger partial charge < -0.3 is 20.6 Å². The fourth-order valence-corrected chi connectivity index (χ4v) is 7.87. The van der Waals surface area contributed by atoms with Gasteiger partial charge in [-0.1, -0.05) is 155 Å². The second kappa shape index (κ2) is 19.1. The maximum absolute atomic E-state index is 13.2. The molecule has 0 heterocycles. The van der Waals surface area contributed by atoms with Gasteiger partial charge >= 0.3 is 12.1 Å². The van der Waals surface area contributed by atoms with Gasteiger partial charge in [0.15, 0.2) is 8.80 Å². The number of alkyl halides is 3. The van der Waals surface area contributed by atoms with E-state index in [1.54, 1.807) is 66.0 Å². The average molecular weight is 595 g/mol. The third kappa shape index (κ3) is 12.7. The molecule has 229 valence electrons. The van der Waals surface area contributed by atoms with E-state index in [-0.39, 0.29) is 6.42 Å². The largest absolute Gasteiger partial charge is 0.471 e. The quantitative estimate of drug-likeness (QED) is 0.128. The van der Waals surface area contributed by atoms with Crippen LogP contribution in [-0.2, 0) is 4.79 Å². The maximum atomic E-state index is 13.2. The van der Waals surface area contributed by atoms with E-state index in [0.717, 1.165) is 25.7 Å². The number of nitrogens with one attached hydrogen (secondary N) is 1. The fraction of sp³-hybridized carbons (Fsp3) is 0.594. The van der Waals surface area contributed by atoms with Gasteiger partial charge in [0.05, 0.1) is 17.9 Å². The van der Waals surface area contributed by atoms with E-state index in [4.69, 9.17) is 0 Å². The van der Waals surface area contributed by atoms with Gasteiger partial charge in [0.1, 0.15) is 6.10 Å². The molecular weight excluding hydrogens is 547 g/mol. The zero-order valence-electron chi connectivity index (χ0n) is 24.2. The first kappa shape index (κ1) is 35.0. The van der Waals surface area contributed by atoms with Crippen LogP contribution in [0.15, 0.2) is 60.7 Å². The number of aliphatic hydroxyl groups excluding tert-OH is 3. The predicted molar refractivity (Wildman–Crippen MR) is 160 cm³/mol. The lowest BCUT2D eigenvalue weighted by Gasteiger charge is -2.35. The van der Waals surface area contributed by atoms with E-state index in [9.17, 15) is 33.3 Å². The number of unbranched alkanes of at least 4 members (excludes halogenated alkanes) is 11. The van der Waals surface area contributed by atoms with Crippen LogP contribution >= 0.6 is 0 Å². The molecule has 0 bridgehead atoms. The number of carbonyl (C=O) groups excluding carboxylic acids is 1. The van der Waals surface area contributed by atoms with E-state index in [1.165, 1.54) is 44.9 Å². The van der Waals surface area contributed by atoms with Crippen molar-refractivity contribution in [3.05, 3.63) is 60.7 Å². The molecule has 9 heteroatoms. The molecular formula is C32H47F3NO4Si. The molecule has 1 unspecified atom stereocenters. The number of aliphatic hydroxyl groups is 3. The number of hydrogen-bond donors (Lipinski definition) is 4. The number of rotatable bonds is 20. The van der Waals surface area contributed by atoms with Crippen molar-refractivity contribution in [1.29, 1.82) is 0 Å². The number of benzene rings is 2. The maximum Gasteiger partial charge on any atom is 0.471 e. The molecule has 2 aromatic carbocycles. The number of hydrogen-bond acceptors (Lipinski definition) is 4. The summed E-state index contributed by atoms with van der Waals surface area (Å²) in [5, 5.41) is 36.4. The van der Waals surface area contributed by atoms with Crippen LogP contribution in [0.2, 0.25) is 0 Å². The molecule has 0 aromatic heterocycles. The van der Waals surface area contributed by atoms with Crippen molar-refractivity contribution in [3.63, 3.8) is 0 Å². The summed E-state index contributed by atoms with van der Waals surface area (Å²) in [4.78, 5) is 11.9. The molecule has 0 aliphatic carbocycles. The lowest BCUT2D eigenvalue weighted by molar-refractivity contribution is -0.176. The van der Waals surface area contributed by atoms with Crippen LogP contribution < -0.4 is 15.7 Å². The van der Waals surface area contributed by atoms with Crippen molar-refractivity contribution < 1.29 is 33.3 Å². The molecule has 41 heavy (non-hydrogen) atoms. The summed E-state index contributed by atoms with van der Waals surface area (Å²) in [5.41, 5.74) is -1.55. The Bertz CT molecular complexity index is 925. The van der Waals surface area contributed by atoms with Crippen molar-refractivity contribution in [3.8, 4) is 0 Å². The highest BCUT2D eigenvalue weighted by molar-refractivity contribution is 6.86. The van der Waals surface area contributed by atoms with Crippen LogP contribution in [0.4, 0.5) is 13.2 Å². The highest BCUT2D eigenvalue weighted by atomic mass is 28.3. The van der Waals surface area contributed by atoms with Crippen LogP contribution in [0.1, 0.15) is 90.4 Å². The van der Waals surface area contributed by atoms with Crippen LogP contribution in [0, 0.1) is 0 Å². The van der Waals surface area contributed by atoms with Crippen molar-refractivity contribution >= 4 is 25.1 Å². The summed E-state index contributed by atoms with van der Waals surface area (Å²) in [6.07, 6.45) is 5.28. The molecule has 0 fully saturated rings. The van der Waals surface area contributed by atoms with Crippen molar-refractivity contribution in [1.82, 2.24) is 5.32 Å². The molecule has 1 radical (unpaired) electrons. The summed E-state index contributed by atoms with van der Waals surface area (Å²) in [6.45, 7) is 2.21. The van der Waals surface area contributed by atoms with Gasteiger partial charge in [-0.05, 0) is 6.42 Å². The van der Waals surface area contributed by atoms with Crippen molar-refractivity contribution in [2.45, 2.75) is 121 Å². The summed E-state index contributed by atoms with van der Waals surface area (Å²) < 4.78 is 39.7. The molecule has 0 saturated heterocycles. The van der Waals surface area contributed by atoms with E-state index >= 15 is 0 Å². The van der Waals surface area contributed by atoms with Gasteiger partial charge in [-0.15, -0.1) is 0 Å². The summed E-state index contributed by atoms with van der Waals surface area (Å²) in [5.74, 6) is -2.26. The second-order valence-corrected chi connectivity index (χ2v) is 13.4. The molecule has 1 amide bonds. The predicted octanol–water partition coefficient (Wildman–Crippen LogP) is 5.06. The summed E-state index contributed by atoms with van der Waals surface area (Å²) in [6, 6.07) is 16.0. The Morgan fingerprint density at radius 2 is 1.15 bits per heavy atom. The van der Waals surface area contributed by atoms with E-state index in [1.807, 2.05) is 0 Å². The molecule has 0 aliphatic heterocycles. The van der Waals surface area contributed by atoms with Crippen LogP contribution in [0.3, 0.4) is 0 Å². The smallest absolute Gasteiger partial charge is 0.394 e. The van der Waals surface area contributed by atoms with E-state index < -0.39 is 44.9 Å². The second-order valence-electron chi connectivity index (χ2n) is 10.8. The molecule has 0 spiro atoms. The van der Waals surface area contributed by atoms with Crippen LogP contribution in [-0.4, -0.2) is 60.2 Å². The van der Waals surface area contributed by atoms with Crippen molar-refractivity contribution in [2.24, 2.45) is 0 Å². The van der Waals surface area contributed by atoms with Gasteiger partial charge in [0.25, 0.3) is 0 Å². The Hall–Kier alpha value is -2.20. The number of amides is 1. The molecule has 4 atom stereocenters. The molecule has 5 nitrogen and oxygen atoms in total. The molecule has 0 saturated carbocycles. The first-order chi connectivity index (χ1) is 19.7. The zero-order chi connectivity index (χ0) is 30.1. The minimum atomic E-state index is -5.20. The van der Waals surface area contributed by atoms with Crippen molar-refractivity contribution in [2.75, 3.05) is 0 Å². The monoisotopic (exact) mass is 594 g/mol. The van der Waals surface area contributed by atoms with E-state index in [0.29, 0.717) is 16.8 Å². The first-order valence-electron chi connectivity index (χ1n) is 15.1. The normalized spacial score (nSPS) is 14.9. The van der Waals surface area contributed by atoms with Crippen LogP contribution in [0.25, 0.3) is 0 Å². The lowest BCUT2D eigenvalue weighted by Crippen LogP contribution is -2.65. The van der Waals surface area contributed by atoms with Gasteiger partial charge in [0.2, 0.25) is 0 Å². The summed E-state index contributed by atoms with van der Waals surface area (Å²) >= 11 is 0. The number of halogens is 3. The topological polar surface area (TPSA) is 89.8 Å². The summed E-state index contributed by atoms with van der Waals surface area (Å²) in [7, 11) is -2.19. The first-order valence-corrected chi connectivity index (χ1v) is 16.6. The third-order valence-corrected chi connectivity index (χ3v) is 10.3. The minimum absolute atomic E-state index is 0.155. The van der Waals surface area contributed by atoms with Gasteiger partial charge in [-0.2, -0.15) is 13.2 Å². The van der Waals surface area contributed by atoms with Gasteiger partial charge in [-0.25, -0.2) is 0 Å². The zero-order valence-corrected chi connectivity index (χ0v) is 25.2. The SMILES string of the molecule is CCCCCCCCCCCCCC[C@@H](O)[C@@H](O)[C@@H](NC(=O)C(F)(F)F)C(O)[Si](c1ccccc1)c1ccccc1. The van der Waals surface area contributed by atoms with Gasteiger partial charge in [-0.3, -0.25) is 4.79 Å². The Balaban J connectivity index is 1.99. The average Bonchev–Trinajstić information content (AvgIpc) is 2.96. The molecule has 4 N–H and O–H groups in total. The highest BCUT2D eigenvalue weighted by Gasteiger charge is 2.45. The lowest BCUT2D eigenvalue weighted by atomic mass is 9.99. The Morgan fingerprint density at radius 1 is 0.732 bits per heavy atom.